The number of carbonyl (C=O) groups is 2. The van der Waals surface area contributed by atoms with Gasteiger partial charge in [-0.2, -0.15) is 0 Å². The second-order valence-electron chi connectivity index (χ2n) is 12.9. The summed E-state index contributed by atoms with van der Waals surface area (Å²) >= 11 is 0. The van der Waals surface area contributed by atoms with E-state index >= 15 is 0 Å². The zero-order valence-electron chi connectivity index (χ0n) is 21.6. The Morgan fingerprint density at radius 2 is 1.50 bits per heavy atom. The van der Waals surface area contributed by atoms with Crippen LogP contribution < -0.4 is 10.6 Å². The Bertz CT molecular complexity index is 870. The summed E-state index contributed by atoms with van der Waals surface area (Å²) in [6.45, 7) is 8.53. The van der Waals surface area contributed by atoms with Gasteiger partial charge in [0.05, 0.1) is 0 Å². The van der Waals surface area contributed by atoms with Gasteiger partial charge in [0.25, 0.3) is 5.91 Å². The number of hydrogen-bond acceptors (Lipinski definition) is 2. The number of carbonyl (C=O) groups excluding carboxylic acids is 2. The molecule has 0 saturated heterocycles. The summed E-state index contributed by atoms with van der Waals surface area (Å²) in [5.74, 6) is 3.68. The van der Waals surface area contributed by atoms with Crippen molar-refractivity contribution < 1.29 is 9.59 Å². The van der Waals surface area contributed by atoms with Crippen molar-refractivity contribution in [2.75, 3.05) is 0 Å². The van der Waals surface area contributed by atoms with E-state index in [4.69, 9.17) is 0 Å². The highest BCUT2D eigenvalue weighted by Crippen LogP contribution is 2.60. The molecule has 4 atom stereocenters. The predicted octanol–water partition coefficient (Wildman–Crippen LogP) is 5.85. The largest absolute Gasteiger partial charge is 0.351 e. The lowest BCUT2D eigenvalue weighted by molar-refractivity contribution is -0.125. The van der Waals surface area contributed by atoms with Gasteiger partial charge in [-0.15, -0.1) is 0 Å². The maximum Gasteiger partial charge on any atom is 0.251 e. The first-order valence-corrected chi connectivity index (χ1v) is 14.0. The highest BCUT2D eigenvalue weighted by Gasteiger charge is 2.51. The molecule has 4 nitrogen and oxygen atoms in total. The van der Waals surface area contributed by atoms with E-state index in [1.807, 2.05) is 26.0 Å². The van der Waals surface area contributed by atoms with Crippen LogP contribution in [0.3, 0.4) is 0 Å². The van der Waals surface area contributed by atoms with E-state index in [0.717, 1.165) is 30.6 Å². The second kappa shape index (κ2) is 9.32. The van der Waals surface area contributed by atoms with E-state index in [1.165, 1.54) is 50.5 Å². The highest BCUT2D eigenvalue weighted by molar-refractivity contribution is 5.97. The Morgan fingerprint density at radius 3 is 2.06 bits per heavy atom. The molecule has 1 aromatic rings. The highest BCUT2D eigenvalue weighted by atomic mass is 16.2. The summed E-state index contributed by atoms with van der Waals surface area (Å²) < 4.78 is 0. The molecule has 0 aliphatic heterocycles. The van der Waals surface area contributed by atoms with Gasteiger partial charge in [0.2, 0.25) is 5.91 Å². The number of benzene rings is 1. The molecule has 4 unspecified atom stereocenters. The first-order valence-electron chi connectivity index (χ1n) is 14.0. The summed E-state index contributed by atoms with van der Waals surface area (Å²) in [6.07, 6.45) is 11.7. The summed E-state index contributed by atoms with van der Waals surface area (Å²) in [4.78, 5) is 26.3. The fourth-order valence-electron chi connectivity index (χ4n) is 8.26. The number of nitrogens with one attached hydrogen (secondary N) is 2. The van der Waals surface area contributed by atoms with Gasteiger partial charge in [-0.05, 0) is 104 Å². The van der Waals surface area contributed by atoms with E-state index in [-0.39, 0.29) is 23.8 Å². The lowest BCUT2D eigenvalue weighted by atomic mass is 9.48. The van der Waals surface area contributed by atoms with Crippen LogP contribution in [0.15, 0.2) is 24.3 Å². The third kappa shape index (κ3) is 4.54. The number of amides is 2. The van der Waals surface area contributed by atoms with Gasteiger partial charge in [-0.3, -0.25) is 9.59 Å². The molecule has 5 fully saturated rings. The van der Waals surface area contributed by atoms with Gasteiger partial charge in [0.1, 0.15) is 6.04 Å². The van der Waals surface area contributed by atoms with Gasteiger partial charge in [0.15, 0.2) is 0 Å². The maximum absolute atomic E-state index is 13.2. The summed E-state index contributed by atoms with van der Waals surface area (Å²) in [6, 6.07) is 8.08. The second-order valence-corrected chi connectivity index (χ2v) is 12.9. The van der Waals surface area contributed by atoms with Crippen molar-refractivity contribution in [3.05, 3.63) is 35.4 Å². The van der Waals surface area contributed by atoms with Crippen molar-refractivity contribution in [3.63, 3.8) is 0 Å². The third-order valence-corrected chi connectivity index (χ3v) is 10.1. The Morgan fingerprint density at radius 1 is 0.912 bits per heavy atom. The minimum absolute atomic E-state index is 0.0339. The molecule has 5 saturated carbocycles. The molecule has 5 aliphatic rings. The van der Waals surface area contributed by atoms with Crippen molar-refractivity contribution >= 4 is 11.8 Å². The number of hydrogen-bond donors (Lipinski definition) is 2. The van der Waals surface area contributed by atoms with Crippen molar-refractivity contribution in [1.82, 2.24) is 10.6 Å². The molecular formula is C30H44N2O2. The Labute approximate surface area is 206 Å². The predicted molar refractivity (Wildman–Crippen MR) is 136 cm³/mol. The molecule has 0 aromatic heterocycles. The van der Waals surface area contributed by atoms with Crippen LogP contribution in [0, 0.1) is 35.5 Å². The van der Waals surface area contributed by atoms with Gasteiger partial charge >= 0.3 is 0 Å². The molecule has 34 heavy (non-hydrogen) atoms. The van der Waals surface area contributed by atoms with Crippen molar-refractivity contribution in [2.24, 2.45) is 35.5 Å². The first-order chi connectivity index (χ1) is 16.2. The van der Waals surface area contributed by atoms with E-state index in [1.54, 1.807) is 0 Å². The monoisotopic (exact) mass is 464 g/mol. The van der Waals surface area contributed by atoms with Crippen molar-refractivity contribution in [3.8, 4) is 0 Å². The molecular weight excluding hydrogens is 420 g/mol. The molecule has 4 bridgehead atoms. The first kappa shape index (κ1) is 23.9. The van der Waals surface area contributed by atoms with Crippen LogP contribution in [-0.2, 0) is 10.2 Å². The lowest BCUT2D eigenvalue weighted by Gasteiger charge is -2.57. The molecule has 0 spiro atoms. The molecule has 4 heteroatoms. The quantitative estimate of drug-likeness (QED) is 0.555. The molecule has 6 rings (SSSR count). The molecule has 5 aliphatic carbocycles. The van der Waals surface area contributed by atoms with Gasteiger partial charge in [0, 0.05) is 11.6 Å². The van der Waals surface area contributed by atoms with Crippen LogP contribution in [-0.4, -0.2) is 23.9 Å². The molecule has 0 radical (unpaired) electrons. The molecule has 2 amide bonds. The molecule has 1 aromatic carbocycles. The van der Waals surface area contributed by atoms with E-state index < -0.39 is 6.04 Å². The van der Waals surface area contributed by atoms with Crippen LogP contribution in [0.1, 0.15) is 101 Å². The molecule has 186 valence electrons. The zero-order valence-corrected chi connectivity index (χ0v) is 21.6. The van der Waals surface area contributed by atoms with Gasteiger partial charge in [-0.1, -0.05) is 52.7 Å². The van der Waals surface area contributed by atoms with Crippen LogP contribution in [0.5, 0.6) is 0 Å². The standard InChI is InChI=1S/C30H44N2O2/c1-18(2)27(29(34)31-26-7-5-6-19(3)20(26)4)32-28(33)24-8-10-25(11-9-24)30-15-21-12-22(16-30)14-23(13-21)17-30/h8-11,18-23,26-27H,5-7,12-17H2,1-4H3,(H,31,34)(H,32,33). The lowest BCUT2D eigenvalue weighted by Crippen LogP contribution is -2.54. The van der Waals surface area contributed by atoms with E-state index in [2.05, 4.69) is 36.6 Å². The summed E-state index contributed by atoms with van der Waals surface area (Å²) in [5.41, 5.74) is 2.44. The fourth-order valence-corrected chi connectivity index (χ4v) is 8.26. The SMILES string of the molecule is CC(C)C(NC(=O)c1ccc(C23CC4CC(CC(C4)C2)C3)cc1)C(=O)NC1CCCC(C)C1C. The Hall–Kier alpha value is -1.84. The van der Waals surface area contributed by atoms with Crippen LogP contribution >= 0.6 is 0 Å². The topological polar surface area (TPSA) is 58.2 Å². The molecule has 2 N–H and O–H groups in total. The van der Waals surface area contributed by atoms with E-state index in [9.17, 15) is 9.59 Å². The minimum Gasteiger partial charge on any atom is -0.351 e. The Balaban J connectivity index is 1.24. The van der Waals surface area contributed by atoms with Crippen molar-refractivity contribution in [2.45, 2.75) is 103 Å². The van der Waals surface area contributed by atoms with Gasteiger partial charge in [-0.25, -0.2) is 0 Å². The van der Waals surface area contributed by atoms with Crippen LogP contribution in [0.2, 0.25) is 0 Å². The third-order valence-electron chi connectivity index (χ3n) is 10.1. The van der Waals surface area contributed by atoms with E-state index in [0.29, 0.717) is 22.8 Å². The fraction of sp³-hybridized carbons (Fsp3) is 0.733. The summed E-state index contributed by atoms with van der Waals surface area (Å²) in [7, 11) is 0. The van der Waals surface area contributed by atoms with Crippen LogP contribution in [0.25, 0.3) is 0 Å². The molecule has 0 heterocycles. The zero-order chi connectivity index (χ0) is 24.0. The van der Waals surface area contributed by atoms with Crippen LogP contribution in [0.4, 0.5) is 0 Å². The number of rotatable bonds is 6. The normalized spacial score (nSPS) is 37.4. The van der Waals surface area contributed by atoms with Gasteiger partial charge < -0.3 is 10.6 Å². The summed E-state index contributed by atoms with van der Waals surface area (Å²) in [5, 5.41) is 6.32. The van der Waals surface area contributed by atoms with Crippen molar-refractivity contribution in [1.29, 1.82) is 0 Å². The average molecular weight is 465 g/mol. The minimum atomic E-state index is -0.514. The smallest absolute Gasteiger partial charge is 0.251 e. The average Bonchev–Trinajstić information content (AvgIpc) is 2.79. The Kier molecular flexibility index (Phi) is 6.54. The maximum atomic E-state index is 13.2.